The molecule has 1 heterocycles. The Hall–Kier alpha value is -2.22. The van der Waals surface area contributed by atoms with Crippen LogP contribution in [0.15, 0.2) is 60.7 Å². The number of nitrogens with two attached hydrogens (primary N) is 1. The third-order valence-electron chi connectivity index (χ3n) is 6.01. The normalized spacial score (nSPS) is 19.4. The molecular weight excluding hydrogens is 448 g/mol. The van der Waals surface area contributed by atoms with Gasteiger partial charge in [-0.05, 0) is 42.6 Å². The van der Waals surface area contributed by atoms with Crippen molar-refractivity contribution in [1.29, 1.82) is 0 Å². The average Bonchev–Trinajstić information content (AvgIpc) is 3.15. The second-order valence-corrected chi connectivity index (χ2v) is 15.4. The Morgan fingerprint density at radius 1 is 0.970 bits per heavy atom. The summed E-state index contributed by atoms with van der Waals surface area (Å²) in [5.41, 5.74) is 5.60. The van der Waals surface area contributed by atoms with E-state index < -0.39 is 26.1 Å². The number of carbonyl (C=O) groups excluding carboxylic acids is 1. The van der Waals surface area contributed by atoms with E-state index in [-0.39, 0.29) is 16.1 Å². The van der Waals surface area contributed by atoms with Gasteiger partial charge in [-0.25, -0.2) is 4.79 Å². The van der Waals surface area contributed by atoms with Crippen molar-refractivity contribution in [2.75, 3.05) is 6.54 Å². The summed E-state index contributed by atoms with van der Waals surface area (Å²) in [5.74, 6) is 0. The molecule has 7 heteroatoms. The van der Waals surface area contributed by atoms with Gasteiger partial charge in [0.25, 0.3) is 8.32 Å². The zero-order valence-electron chi connectivity index (χ0n) is 20.5. The number of benzene rings is 2. The summed E-state index contributed by atoms with van der Waals surface area (Å²) in [4.78, 5) is 14.9. The van der Waals surface area contributed by atoms with Crippen LogP contribution < -0.4 is 16.1 Å². The van der Waals surface area contributed by atoms with E-state index in [1.165, 1.54) is 10.4 Å². The highest BCUT2D eigenvalue weighted by atomic mass is 32.1. The van der Waals surface area contributed by atoms with E-state index in [0.717, 1.165) is 0 Å². The Bertz CT molecular complexity index is 931. The van der Waals surface area contributed by atoms with Crippen LogP contribution in [0, 0.1) is 0 Å². The Balaban J connectivity index is 2.08. The predicted octanol–water partition coefficient (Wildman–Crippen LogP) is 4.23. The first-order chi connectivity index (χ1) is 15.4. The van der Waals surface area contributed by atoms with E-state index in [2.05, 4.69) is 69.3 Å². The molecule has 33 heavy (non-hydrogen) atoms. The molecule has 0 aliphatic carbocycles. The minimum absolute atomic E-state index is 0.185. The number of ether oxygens (including phenoxy) is 1. The standard InChI is InChI=1S/C26H36N2O3SSi/c1-25(2,3)30-24(29)28-18-17-21(22(28)23(27)32)31-33(26(4,5)6,19-13-9-7-10-14-19)20-15-11-8-12-16-20/h7-16,21-22H,17-18H2,1-6H3,(H2,27,32)/t21-,22-/m0/s1. The van der Waals surface area contributed by atoms with Crippen molar-refractivity contribution in [3.8, 4) is 0 Å². The predicted molar refractivity (Wildman–Crippen MR) is 141 cm³/mol. The van der Waals surface area contributed by atoms with Crippen molar-refractivity contribution in [2.45, 2.75) is 70.7 Å². The van der Waals surface area contributed by atoms with E-state index in [1.807, 2.05) is 32.9 Å². The lowest BCUT2D eigenvalue weighted by molar-refractivity contribution is 0.0232. The van der Waals surface area contributed by atoms with Crippen LogP contribution in [0.5, 0.6) is 0 Å². The molecule has 1 amide bonds. The van der Waals surface area contributed by atoms with Crippen LogP contribution in [0.4, 0.5) is 4.79 Å². The molecule has 0 radical (unpaired) electrons. The molecule has 2 N–H and O–H groups in total. The SMILES string of the molecule is CC(C)(C)OC(=O)N1CC[C@H](O[Si](c2ccccc2)(c2ccccc2)C(C)(C)C)[C@H]1C(N)=S. The maximum absolute atomic E-state index is 13.0. The van der Waals surface area contributed by atoms with Crippen molar-refractivity contribution >= 4 is 42.0 Å². The number of amides is 1. The minimum atomic E-state index is -2.81. The maximum Gasteiger partial charge on any atom is 0.410 e. The second kappa shape index (κ2) is 9.56. The molecule has 0 spiro atoms. The molecule has 3 rings (SSSR count). The van der Waals surface area contributed by atoms with E-state index in [4.69, 9.17) is 27.1 Å². The van der Waals surface area contributed by atoms with Gasteiger partial charge in [0.1, 0.15) is 11.6 Å². The summed E-state index contributed by atoms with van der Waals surface area (Å²) in [5, 5.41) is 2.18. The zero-order valence-corrected chi connectivity index (χ0v) is 22.3. The molecule has 0 aromatic heterocycles. The first-order valence-corrected chi connectivity index (χ1v) is 13.8. The summed E-state index contributed by atoms with van der Waals surface area (Å²) in [6.45, 7) is 12.7. The third kappa shape index (κ3) is 5.31. The second-order valence-electron chi connectivity index (χ2n) is 10.6. The number of thiocarbonyl (C=S) groups is 1. The van der Waals surface area contributed by atoms with Crippen LogP contribution in [-0.4, -0.2) is 48.6 Å². The molecule has 5 nitrogen and oxygen atoms in total. The lowest BCUT2D eigenvalue weighted by Gasteiger charge is -2.45. The molecule has 0 saturated carbocycles. The number of hydrogen-bond donors (Lipinski definition) is 1. The average molecular weight is 485 g/mol. The lowest BCUT2D eigenvalue weighted by atomic mass is 10.2. The van der Waals surface area contributed by atoms with Crippen LogP contribution >= 0.6 is 12.2 Å². The van der Waals surface area contributed by atoms with Gasteiger partial charge in [-0.15, -0.1) is 0 Å². The number of likely N-dealkylation sites (tertiary alicyclic amines) is 1. The molecule has 1 saturated heterocycles. The highest BCUT2D eigenvalue weighted by Crippen LogP contribution is 2.39. The Morgan fingerprint density at radius 3 is 1.85 bits per heavy atom. The molecule has 1 aliphatic heterocycles. The highest BCUT2D eigenvalue weighted by Gasteiger charge is 2.54. The van der Waals surface area contributed by atoms with Crippen LogP contribution in [0.2, 0.25) is 5.04 Å². The van der Waals surface area contributed by atoms with Crippen molar-refractivity contribution in [1.82, 2.24) is 4.90 Å². The Labute approximate surface area is 204 Å². The monoisotopic (exact) mass is 484 g/mol. The van der Waals surface area contributed by atoms with E-state index in [9.17, 15) is 4.79 Å². The van der Waals surface area contributed by atoms with Crippen molar-refractivity contribution in [2.24, 2.45) is 5.73 Å². The van der Waals surface area contributed by atoms with Gasteiger partial charge in [0, 0.05) is 6.54 Å². The van der Waals surface area contributed by atoms with Crippen molar-refractivity contribution < 1.29 is 14.0 Å². The van der Waals surface area contributed by atoms with E-state index in [1.54, 1.807) is 4.90 Å². The molecule has 2 atom stereocenters. The summed E-state index contributed by atoms with van der Waals surface area (Å²) < 4.78 is 12.9. The summed E-state index contributed by atoms with van der Waals surface area (Å²) in [6, 6.07) is 20.4. The first-order valence-electron chi connectivity index (χ1n) is 11.4. The highest BCUT2D eigenvalue weighted by molar-refractivity contribution is 7.80. The fourth-order valence-corrected chi connectivity index (χ4v) is 9.66. The van der Waals surface area contributed by atoms with Crippen molar-refractivity contribution in [3.05, 3.63) is 60.7 Å². The summed E-state index contributed by atoms with van der Waals surface area (Å²) in [7, 11) is -2.81. The molecule has 1 aliphatic rings. The molecular formula is C26H36N2O3SSi. The van der Waals surface area contributed by atoms with Gasteiger partial charge in [-0.2, -0.15) is 0 Å². The van der Waals surface area contributed by atoms with E-state index >= 15 is 0 Å². The number of carbonyl (C=O) groups is 1. The summed E-state index contributed by atoms with van der Waals surface area (Å²) in [6.07, 6.45) is -0.0821. The molecule has 1 fully saturated rings. The fourth-order valence-electron chi connectivity index (χ4n) is 4.67. The van der Waals surface area contributed by atoms with Gasteiger partial charge in [0.05, 0.1) is 11.1 Å². The number of nitrogens with zero attached hydrogens (tertiary/aromatic N) is 1. The molecule has 0 bridgehead atoms. The quantitative estimate of drug-likeness (QED) is 0.508. The van der Waals surface area contributed by atoms with Crippen LogP contribution in [-0.2, 0) is 9.16 Å². The largest absolute Gasteiger partial charge is 0.444 e. The van der Waals surface area contributed by atoms with Crippen molar-refractivity contribution in [3.63, 3.8) is 0 Å². The molecule has 2 aromatic carbocycles. The number of rotatable bonds is 5. The minimum Gasteiger partial charge on any atom is -0.444 e. The van der Waals surface area contributed by atoms with Crippen LogP contribution in [0.3, 0.4) is 0 Å². The van der Waals surface area contributed by atoms with Gasteiger partial charge in [-0.3, -0.25) is 4.90 Å². The molecule has 178 valence electrons. The van der Waals surface area contributed by atoms with Gasteiger partial charge in [-0.1, -0.05) is 93.7 Å². The maximum atomic E-state index is 13.0. The fraction of sp³-hybridized carbons (Fsp3) is 0.462. The van der Waals surface area contributed by atoms with E-state index in [0.29, 0.717) is 13.0 Å². The Morgan fingerprint density at radius 2 is 1.45 bits per heavy atom. The zero-order chi connectivity index (χ0) is 24.4. The summed E-state index contributed by atoms with van der Waals surface area (Å²) >= 11 is 5.45. The lowest BCUT2D eigenvalue weighted by Crippen LogP contribution is -2.69. The third-order valence-corrected chi connectivity index (χ3v) is 11.3. The van der Waals surface area contributed by atoms with Crippen LogP contribution in [0.1, 0.15) is 48.0 Å². The van der Waals surface area contributed by atoms with Crippen LogP contribution in [0.25, 0.3) is 0 Å². The van der Waals surface area contributed by atoms with Gasteiger partial charge >= 0.3 is 6.09 Å². The topological polar surface area (TPSA) is 64.8 Å². The smallest absolute Gasteiger partial charge is 0.410 e. The Kier molecular flexibility index (Phi) is 7.36. The van der Waals surface area contributed by atoms with Gasteiger partial charge < -0.3 is 14.9 Å². The number of hydrogen-bond acceptors (Lipinski definition) is 4. The van der Waals surface area contributed by atoms with Gasteiger partial charge in [0.2, 0.25) is 0 Å². The molecule has 2 aromatic rings. The first kappa shape index (κ1) is 25.4. The van der Waals surface area contributed by atoms with Gasteiger partial charge in [0.15, 0.2) is 0 Å². The molecule has 0 unspecified atom stereocenters.